The number of rotatable bonds is 6. The summed E-state index contributed by atoms with van der Waals surface area (Å²) in [6.45, 7) is 2.03. The first-order valence-corrected chi connectivity index (χ1v) is 8.00. The number of hydrogen-bond donors (Lipinski definition) is 1. The lowest BCUT2D eigenvalue weighted by atomic mass is 10.1. The minimum atomic E-state index is -0.378. The standard InChI is InChI=1S/C19H19N3O4/c1-12-4-6-13(7-5-12)10-17-21-22-19(26-17)20-18(23)14-8-9-15(24-2)16(11-14)25-3/h4-9,11H,10H2,1-3H3,(H,20,22,23). The van der Waals surface area contributed by atoms with E-state index in [1.807, 2.05) is 31.2 Å². The molecule has 7 nitrogen and oxygen atoms in total. The number of amides is 1. The van der Waals surface area contributed by atoms with Crippen molar-refractivity contribution in [3.8, 4) is 11.5 Å². The first-order chi connectivity index (χ1) is 12.6. The van der Waals surface area contributed by atoms with Crippen LogP contribution in [0.4, 0.5) is 6.01 Å². The molecule has 0 radical (unpaired) electrons. The summed E-state index contributed by atoms with van der Waals surface area (Å²) in [4.78, 5) is 12.4. The molecule has 7 heteroatoms. The van der Waals surface area contributed by atoms with Gasteiger partial charge < -0.3 is 13.9 Å². The highest BCUT2D eigenvalue weighted by Gasteiger charge is 2.14. The van der Waals surface area contributed by atoms with E-state index >= 15 is 0 Å². The molecule has 0 spiro atoms. The van der Waals surface area contributed by atoms with Crippen LogP contribution in [0.3, 0.4) is 0 Å². The van der Waals surface area contributed by atoms with Crippen LogP contribution < -0.4 is 14.8 Å². The third kappa shape index (κ3) is 4.00. The molecule has 0 bridgehead atoms. The normalized spacial score (nSPS) is 10.4. The van der Waals surface area contributed by atoms with Gasteiger partial charge in [-0.05, 0) is 30.7 Å². The lowest BCUT2D eigenvalue weighted by molar-refractivity contribution is 0.102. The van der Waals surface area contributed by atoms with Gasteiger partial charge in [0.25, 0.3) is 5.91 Å². The summed E-state index contributed by atoms with van der Waals surface area (Å²) in [6, 6.07) is 13.0. The Morgan fingerprint density at radius 2 is 1.77 bits per heavy atom. The molecule has 26 heavy (non-hydrogen) atoms. The molecular formula is C19H19N3O4. The minimum Gasteiger partial charge on any atom is -0.493 e. The zero-order chi connectivity index (χ0) is 18.5. The topological polar surface area (TPSA) is 86.5 Å². The Bertz CT molecular complexity index is 903. The van der Waals surface area contributed by atoms with Crippen LogP contribution >= 0.6 is 0 Å². The average Bonchev–Trinajstić information content (AvgIpc) is 3.09. The molecule has 1 heterocycles. The van der Waals surface area contributed by atoms with E-state index in [4.69, 9.17) is 13.9 Å². The van der Waals surface area contributed by atoms with E-state index < -0.39 is 0 Å². The fourth-order valence-electron chi connectivity index (χ4n) is 2.40. The first kappa shape index (κ1) is 17.5. The predicted molar refractivity (Wildman–Crippen MR) is 95.8 cm³/mol. The van der Waals surface area contributed by atoms with Crippen LogP contribution in [0.25, 0.3) is 0 Å². The fourth-order valence-corrected chi connectivity index (χ4v) is 2.40. The van der Waals surface area contributed by atoms with Crippen LogP contribution in [0, 0.1) is 6.92 Å². The highest BCUT2D eigenvalue weighted by Crippen LogP contribution is 2.27. The maximum absolute atomic E-state index is 12.4. The van der Waals surface area contributed by atoms with Crippen molar-refractivity contribution >= 4 is 11.9 Å². The number of benzene rings is 2. The quantitative estimate of drug-likeness (QED) is 0.732. The number of aryl methyl sites for hydroxylation is 1. The number of carbonyl (C=O) groups excluding carboxylic acids is 1. The zero-order valence-corrected chi connectivity index (χ0v) is 14.8. The minimum absolute atomic E-state index is 0.0481. The molecule has 0 saturated heterocycles. The molecule has 3 aromatic rings. The molecule has 0 saturated carbocycles. The van der Waals surface area contributed by atoms with Crippen LogP contribution in [-0.4, -0.2) is 30.3 Å². The fraction of sp³-hybridized carbons (Fsp3) is 0.211. The number of nitrogens with one attached hydrogen (secondary N) is 1. The molecule has 1 N–H and O–H groups in total. The van der Waals surface area contributed by atoms with Crippen molar-refractivity contribution in [2.45, 2.75) is 13.3 Å². The van der Waals surface area contributed by atoms with Crippen molar-refractivity contribution in [2.75, 3.05) is 19.5 Å². The van der Waals surface area contributed by atoms with Gasteiger partial charge in [0.1, 0.15) is 0 Å². The molecule has 0 aliphatic carbocycles. The van der Waals surface area contributed by atoms with Crippen molar-refractivity contribution in [3.05, 3.63) is 65.0 Å². The van der Waals surface area contributed by atoms with Gasteiger partial charge in [-0.1, -0.05) is 34.9 Å². The van der Waals surface area contributed by atoms with E-state index in [0.29, 0.717) is 29.4 Å². The Kier molecular flexibility index (Phi) is 5.17. The third-order valence-electron chi connectivity index (χ3n) is 3.81. The smallest absolute Gasteiger partial charge is 0.322 e. The third-order valence-corrected chi connectivity index (χ3v) is 3.81. The van der Waals surface area contributed by atoms with Crippen molar-refractivity contribution in [1.82, 2.24) is 10.2 Å². The molecule has 1 amide bonds. The summed E-state index contributed by atoms with van der Waals surface area (Å²) in [7, 11) is 3.04. The highest BCUT2D eigenvalue weighted by atomic mass is 16.5. The Labute approximate surface area is 151 Å². The maximum Gasteiger partial charge on any atom is 0.322 e. The predicted octanol–water partition coefficient (Wildman–Crippen LogP) is 3.24. The molecule has 0 atom stereocenters. The molecule has 0 aliphatic rings. The highest BCUT2D eigenvalue weighted by molar-refractivity contribution is 6.03. The van der Waals surface area contributed by atoms with Gasteiger partial charge in [-0.15, -0.1) is 5.10 Å². The summed E-state index contributed by atoms with van der Waals surface area (Å²) in [5, 5.41) is 10.4. The van der Waals surface area contributed by atoms with Crippen molar-refractivity contribution < 1.29 is 18.7 Å². The van der Waals surface area contributed by atoms with Crippen LogP contribution in [0.15, 0.2) is 46.9 Å². The Hall–Kier alpha value is -3.35. The van der Waals surface area contributed by atoms with E-state index in [0.717, 1.165) is 5.56 Å². The summed E-state index contributed by atoms with van der Waals surface area (Å²) in [6.07, 6.45) is 0.500. The number of methoxy groups -OCH3 is 2. The summed E-state index contributed by atoms with van der Waals surface area (Å²) < 4.78 is 15.9. The molecule has 0 aliphatic heterocycles. The molecule has 1 aromatic heterocycles. The number of anilines is 1. The van der Waals surface area contributed by atoms with Gasteiger partial charge in [0, 0.05) is 5.56 Å². The number of ether oxygens (including phenoxy) is 2. The second kappa shape index (κ2) is 7.69. The van der Waals surface area contributed by atoms with E-state index in [1.165, 1.54) is 19.8 Å². The second-order valence-electron chi connectivity index (χ2n) is 5.69. The molecule has 0 unspecified atom stereocenters. The summed E-state index contributed by atoms with van der Waals surface area (Å²) >= 11 is 0. The lowest BCUT2D eigenvalue weighted by Gasteiger charge is -2.08. The molecule has 134 valence electrons. The Morgan fingerprint density at radius 3 is 2.46 bits per heavy atom. The van der Waals surface area contributed by atoms with Gasteiger partial charge in [-0.25, -0.2) is 0 Å². The first-order valence-electron chi connectivity index (χ1n) is 8.00. The van der Waals surface area contributed by atoms with Gasteiger partial charge in [-0.2, -0.15) is 0 Å². The van der Waals surface area contributed by atoms with Crippen molar-refractivity contribution in [1.29, 1.82) is 0 Å². The summed E-state index contributed by atoms with van der Waals surface area (Å²) in [5.74, 6) is 1.06. The Balaban J connectivity index is 1.68. The van der Waals surface area contributed by atoms with Crippen LogP contribution in [0.1, 0.15) is 27.4 Å². The number of aromatic nitrogens is 2. The van der Waals surface area contributed by atoms with Crippen LogP contribution in [-0.2, 0) is 6.42 Å². The molecular weight excluding hydrogens is 334 g/mol. The van der Waals surface area contributed by atoms with Gasteiger partial charge >= 0.3 is 6.01 Å². The van der Waals surface area contributed by atoms with E-state index in [9.17, 15) is 4.79 Å². The number of hydrogen-bond acceptors (Lipinski definition) is 6. The molecule has 0 fully saturated rings. The van der Waals surface area contributed by atoms with Crippen molar-refractivity contribution in [2.24, 2.45) is 0 Å². The summed E-state index contributed by atoms with van der Waals surface area (Å²) in [5.41, 5.74) is 2.63. The molecule has 2 aromatic carbocycles. The van der Waals surface area contributed by atoms with Gasteiger partial charge in [0.15, 0.2) is 11.5 Å². The SMILES string of the molecule is COc1ccc(C(=O)Nc2nnc(Cc3ccc(C)cc3)o2)cc1OC. The van der Waals surface area contributed by atoms with E-state index in [2.05, 4.69) is 15.5 Å². The van der Waals surface area contributed by atoms with E-state index in [-0.39, 0.29) is 11.9 Å². The van der Waals surface area contributed by atoms with Gasteiger partial charge in [0.05, 0.1) is 20.6 Å². The average molecular weight is 353 g/mol. The van der Waals surface area contributed by atoms with E-state index in [1.54, 1.807) is 18.2 Å². The van der Waals surface area contributed by atoms with Crippen LogP contribution in [0.2, 0.25) is 0 Å². The number of nitrogens with zero attached hydrogens (tertiary/aromatic N) is 2. The lowest BCUT2D eigenvalue weighted by Crippen LogP contribution is -2.12. The Morgan fingerprint density at radius 1 is 1.04 bits per heavy atom. The zero-order valence-electron chi connectivity index (χ0n) is 14.8. The monoisotopic (exact) mass is 353 g/mol. The van der Waals surface area contributed by atoms with Crippen molar-refractivity contribution in [3.63, 3.8) is 0 Å². The second-order valence-corrected chi connectivity index (χ2v) is 5.69. The maximum atomic E-state index is 12.4. The largest absolute Gasteiger partial charge is 0.493 e. The van der Waals surface area contributed by atoms with Crippen LogP contribution in [0.5, 0.6) is 11.5 Å². The molecule has 3 rings (SSSR count). The number of carbonyl (C=O) groups is 1. The van der Waals surface area contributed by atoms with Gasteiger partial charge in [-0.3, -0.25) is 10.1 Å². The van der Waals surface area contributed by atoms with Gasteiger partial charge in [0.2, 0.25) is 5.89 Å².